The van der Waals surface area contributed by atoms with E-state index in [1.54, 1.807) is 0 Å². The molecule has 0 spiro atoms. The van der Waals surface area contributed by atoms with Crippen molar-refractivity contribution < 1.29 is 31.1 Å². The van der Waals surface area contributed by atoms with Crippen LogP contribution in [0.15, 0.2) is 24.3 Å². The zero-order valence-corrected chi connectivity index (χ0v) is 10.4. The van der Waals surface area contributed by atoms with Gasteiger partial charge < -0.3 is 10.5 Å². The molecule has 0 saturated heterocycles. The number of halogens is 6. The molecule has 2 N–H and O–H groups in total. The van der Waals surface area contributed by atoms with Gasteiger partial charge in [0.15, 0.2) is 0 Å². The fraction of sp³-hybridized carbons (Fsp3) is 0.500. The molecular formula is C12H13F6NO. The molecule has 114 valence electrons. The summed E-state index contributed by atoms with van der Waals surface area (Å²) < 4.78 is 78.4. The summed E-state index contributed by atoms with van der Waals surface area (Å²) in [6.07, 6.45) is -6.76. The van der Waals surface area contributed by atoms with E-state index in [2.05, 4.69) is 4.74 Å². The number of rotatable bonds is 5. The van der Waals surface area contributed by atoms with Gasteiger partial charge in [0.2, 0.25) is 0 Å². The maximum Gasteiger partial charge on any atom is 0.455 e. The van der Waals surface area contributed by atoms with Crippen molar-refractivity contribution in [2.24, 2.45) is 5.73 Å². The maximum absolute atomic E-state index is 12.7. The van der Waals surface area contributed by atoms with Crippen LogP contribution in [-0.2, 0) is 4.74 Å². The highest BCUT2D eigenvalue weighted by molar-refractivity contribution is 5.20. The van der Waals surface area contributed by atoms with Crippen LogP contribution in [0.25, 0.3) is 0 Å². The molecule has 2 atom stereocenters. The topological polar surface area (TPSA) is 35.2 Å². The molecule has 0 aliphatic carbocycles. The molecule has 1 aromatic rings. The van der Waals surface area contributed by atoms with Crippen LogP contribution in [0.5, 0.6) is 0 Å². The highest BCUT2D eigenvalue weighted by atomic mass is 19.4. The summed E-state index contributed by atoms with van der Waals surface area (Å²) in [5.41, 5.74) is 6.02. The van der Waals surface area contributed by atoms with Crippen molar-refractivity contribution in [3.8, 4) is 0 Å². The highest BCUT2D eigenvalue weighted by Crippen LogP contribution is 2.36. The molecule has 0 heterocycles. The molecule has 0 fully saturated rings. The van der Waals surface area contributed by atoms with E-state index in [9.17, 15) is 26.3 Å². The van der Waals surface area contributed by atoms with Gasteiger partial charge in [0, 0.05) is 0 Å². The molecule has 1 aromatic carbocycles. The number of hydrogen-bond acceptors (Lipinski definition) is 2. The van der Waals surface area contributed by atoms with E-state index in [4.69, 9.17) is 5.73 Å². The van der Waals surface area contributed by atoms with Gasteiger partial charge in [-0.1, -0.05) is 12.1 Å². The second-order valence-electron chi connectivity index (χ2n) is 4.30. The number of ether oxygens (including phenoxy) is 1. The summed E-state index contributed by atoms with van der Waals surface area (Å²) in [6, 6.07) is 3.88. The molecule has 8 heteroatoms. The normalized spacial score (nSPS) is 16.0. The van der Waals surface area contributed by atoms with Crippen molar-refractivity contribution in [3.63, 3.8) is 0 Å². The minimum atomic E-state index is -5.67. The van der Waals surface area contributed by atoms with Crippen LogP contribution in [0.3, 0.4) is 0 Å². The number of hydrogen-bond donors (Lipinski definition) is 1. The Morgan fingerprint density at radius 3 is 2.05 bits per heavy atom. The molecule has 0 amide bonds. The minimum Gasteiger partial charge on any atom is -0.370 e. The van der Waals surface area contributed by atoms with Crippen molar-refractivity contribution in [2.75, 3.05) is 6.61 Å². The molecule has 0 saturated carbocycles. The Morgan fingerprint density at radius 2 is 1.60 bits per heavy atom. The van der Waals surface area contributed by atoms with Crippen LogP contribution in [0.4, 0.5) is 26.3 Å². The summed E-state index contributed by atoms with van der Waals surface area (Å²) in [5, 5.41) is 0. The molecule has 1 rings (SSSR count). The van der Waals surface area contributed by atoms with Crippen LogP contribution in [-0.4, -0.2) is 24.8 Å². The van der Waals surface area contributed by atoms with Crippen LogP contribution in [0.1, 0.15) is 18.5 Å². The van der Waals surface area contributed by atoms with Gasteiger partial charge in [0.05, 0.1) is 12.1 Å². The van der Waals surface area contributed by atoms with Crippen molar-refractivity contribution in [3.05, 3.63) is 35.6 Å². The minimum absolute atomic E-state index is 0.370. The molecule has 2 nitrogen and oxygen atoms in total. The zero-order valence-electron chi connectivity index (χ0n) is 10.4. The fourth-order valence-corrected chi connectivity index (χ4v) is 1.38. The van der Waals surface area contributed by atoms with Crippen LogP contribution >= 0.6 is 0 Å². The molecule has 0 aromatic heterocycles. The number of alkyl halides is 5. The van der Waals surface area contributed by atoms with Gasteiger partial charge >= 0.3 is 12.1 Å². The van der Waals surface area contributed by atoms with Crippen LogP contribution in [0, 0.1) is 5.82 Å². The Kier molecular flexibility index (Phi) is 5.04. The lowest BCUT2D eigenvalue weighted by atomic mass is 10.0. The monoisotopic (exact) mass is 301 g/mol. The Labute approximate surface area is 111 Å². The average Bonchev–Trinajstić information content (AvgIpc) is 2.34. The first-order chi connectivity index (χ1) is 9.04. The number of benzene rings is 1. The van der Waals surface area contributed by atoms with Gasteiger partial charge in [-0.25, -0.2) is 4.39 Å². The van der Waals surface area contributed by atoms with E-state index < -0.39 is 36.7 Å². The standard InChI is InChI=1S/C12H13F6NO/c1-7(20-6-11(14,15)12(16,17)18)10(19)8-2-4-9(13)5-3-8/h2-5,7,10H,6,19H2,1H3. The van der Waals surface area contributed by atoms with Crippen molar-refractivity contribution >= 4 is 0 Å². The molecule has 2 unspecified atom stereocenters. The van der Waals surface area contributed by atoms with E-state index in [0.29, 0.717) is 5.56 Å². The van der Waals surface area contributed by atoms with Gasteiger partial charge in [-0.05, 0) is 24.6 Å². The van der Waals surface area contributed by atoms with Gasteiger partial charge in [0.25, 0.3) is 0 Å². The third kappa shape index (κ3) is 4.11. The Balaban J connectivity index is 2.63. The molecular weight excluding hydrogens is 288 g/mol. The van der Waals surface area contributed by atoms with E-state index in [-0.39, 0.29) is 0 Å². The number of nitrogens with two attached hydrogens (primary N) is 1. The third-order valence-corrected chi connectivity index (χ3v) is 2.70. The SMILES string of the molecule is CC(OCC(F)(F)C(F)(F)F)C(N)c1ccc(F)cc1. The first-order valence-electron chi connectivity index (χ1n) is 5.62. The predicted molar refractivity (Wildman–Crippen MR) is 59.7 cm³/mol. The predicted octanol–water partition coefficient (Wildman–Crippen LogP) is 3.43. The van der Waals surface area contributed by atoms with E-state index in [0.717, 1.165) is 12.1 Å². The van der Waals surface area contributed by atoms with Gasteiger partial charge in [-0.15, -0.1) is 0 Å². The zero-order chi connectivity index (χ0) is 15.6. The highest BCUT2D eigenvalue weighted by Gasteiger charge is 2.57. The molecule has 0 radical (unpaired) electrons. The summed E-state index contributed by atoms with van der Waals surface area (Å²) in [7, 11) is 0. The molecule has 0 aliphatic rings. The van der Waals surface area contributed by atoms with Gasteiger partial charge in [0.1, 0.15) is 12.4 Å². The van der Waals surface area contributed by atoms with E-state index in [1.807, 2.05) is 0 Å². The maximum atomic E-state index is 12.7. The second-order valence-corrected chi connectivity index (χ2v) is 4.30. The Bertz CT molecular complexity index is 431. The smallest absolute Gasteiger partial charge is 0.370 e. The van der Waals surface area contributed by atoms with Gasteiger partial charge in [-0.2, -0.15) is 22.0 Å². The lowest BCUT2D eigenvalue weighted by Gasteiger charge is -2.25. The van der Waals surface area contributed by atoms with Crippen molar-refractivity contribution in [2.45, 2.75) is 31.2 Å². The summed E-state index contributed by atoms with van der Waals surface area (Å²) in [4.78, 5) is 0. The third-order valence-electron chi connectivity index (χ3n) is 2.70. The Morgan fingerprint density at radius 1 is 1.10 bits per heavy atom. The molecule has 20 heavy (non-hydrogen) atoms. The second kappa shape index (κ2) is 6.01. The molecule has 0 aliphatic heterocycles. The Hall–Kier alpha value is -1.28. The largest absolute Gasteiger partial charge is 0.455 e. The molecule has 0 bridgehead atoms. The van der Waals surface area contributed by atoms with Crippen LogP contribution in [0.2, 0.25) is 0 Å². The van der Waals surface area contributed by atoms with Crippen molar-refractivity contribution in [1.29, 1.82) is 0 Å². The quantitative estimate of drug-likeness (QED) is 0.846. The summed E-state index contributed by atoms with van der Waals surface area (Å²) >= 11 is 0. The first-order valence-corrected chi connectivity index (χ1v) is 5.62. The van der Waals surface area contributed by atoms with E-state index >= 15 is 0 Å². The van der Waals surface area contributed by atoms with E-state index in [1.165, 1.54) is 19.1 Å². The van der Waals surface area contributed by atoms with Crippen LogP contribution < -0.4 is 5.73 Å². The lowest BCUT2D eigenvalue weighted by molar-refractivity contribution is -0.300. The fourth-order valence-electron chi connectivity index (χ4n) is 1.38. The lowest BCUT2D eigenvalue weighted by Crippen LogP contribution is -2.42. The summed E-state index contributed by atoms with van der Waals surface area (Å²) in [5.74, 6) is -5.46. The summed E-state index contributed by atoms with van der Waals surface area (Å²) in [6.45, 7) is -0.549. The average molecular weight is 301 g/mol. The van der Waals surface area contributed by atoms with Gasteiger partial charge in [-0.3, -0.25) is 0 Å². The van der Waals surface area contributed by atoms with Crippen molar-refractivity contribution in [1.82, 2.24) is 0 Å². The first kappa shape index (κ1) is 16.8.